The molecule has 3 aromatic rings. The Morgan fingerprint density at radius 1 is 1.03 bits per heavy atom. The lowest BCUT2D eigenvalue weighted by atomic mass is 10.1. The largest absolute Gasteiger partial charge is 0.494 e. The quantitative estimate of drug-likeness (QED) is 0.445. The second-order valence-corrected chi connectivity index (χ2v) is 9.96. The third-order valence-electron chi connectivity index (χ3n) is 5.33. The van der Waals surface area contributed by atoms with E-state index in [1.807, 2.05) is 49.4 Å². The van der Waals surface area contributed by atoms with Crippen molar-refractivity contribution in [2.24, 2.45) is 0 Å². The molecule has 0 aromatic heterocycles. The summed E-state index contributed by atoms with van der Waals surface area (Å²) in [5.74, 6) is 1.33. The molecule has 3 aromatic carbocycles. The smallest absolute Gasteiger partial charge is 0.243 e. The van der Waals surface area contributed by atoms with E-state index >= 15 is 0 Å². The Morgan fingerprint density at radius 2 is 1.82 bits per heavy atom. The Kier molecular flexibility index (Phi) is 7.55. The molecule has 4 rings (SSSR count). The standard InChI is InChI=1S/C25H26ClNO5S/c1-2-31-22-8-10-23(11-9-22)33(28,29)27-13-14-32-25-12-7-19(15-21(25)16-27)17-30-18-20-5-3-4-6-24(20)26/h3-12,15H,2,13-14,16-18H2,1H3. The molecule has 6 nitrogen and oxygen atoms in total. The van der Waals surface area contributed by atoms with Crippen molar-refractivity contribution in [3.05, 3.63) is 88.4 Å². The van der Waals surface area contributed by atoms with Crippen LogP contribution in [0.3, 0.4) is 0 Å². The molecule has 0 aliphatic carbocycles. The summed E-state index contributed by atoms with van der Waals surface area (Å²) in [5.41, 5.74) is 2.66. The van der Waals surface area contributed by atoms with Gasteiger partial charge in [0.1, 0.15) is 18.1 Å². The SMILES string of the molecule is CCOc1ccc(S(=O)(=O)N2CCOc3ccc(COCc4ccccc4Cl)cc3C2)cc1. The maximum atomic E-state index is 13.3. The van der Waals surface area contributed by atoms with Crippen LogP contribution in [0.4, 0.5) is 0 Å². The Labute approximate surface area is 199 Å². The summed E-state index contributed by atoms with van der Waals surface area (Å²) < 4.78 is 45.0. The normalized spacial score (nSPS) is 14.2. The molecule has 0 unspecified atom stereocenters. The van der Waals surface area contributed by atoms with Gasteiger partial charge in [-0.05, 0) is 60.5 Å². The molecule has 0 atom stereocenters. The molecule has 0 spiro atoms. The van der Waals surface area contributed by atoms with E-state index in [2.05, 4.69) is 0 Å². The van der Waals surface area contributed by atoms with Gasteiger partial charge in [-0.25, -0.2) is 8.42 Å². The van der Waals surface area contributed by atoms with Gasteiger partial charge in [0.25, 0.3) is 0 Å². The monoisotopic (exact) mass is 487 g/mol. The van der Waals surface area contributed by atoms with E-state index in [1.165, 1.54) is 4.31 Å². The first-order valence-corrected chi connectivity index (χ1v) is 12.6. The summed E-state index contributed by atoms with van der Waals surface area (Å²) in [6.07, 6.45) is 0. The first-order chi connectivity index (χ1) is 16.0. The van der Waals surface area contributed by atoms with Crippen molar-refractivity contribution in [2.75, 3.05) is 19.8 Å². The molecule has 0 radical (unpaired) electrons. The van der Waals surface area contributed by atoms with Gasteiger partial charge in [-0.1, -0.05) is 35.9 Å². The van der Waals surface area contributed by atoms with Gasteiger partial charge in [0.15, 0.2) is 0 Å². The number of hydrogen-bond donors (Lipinski definition) is 0. The Balaban J connectivity index is 1.47. The van der Waals surface area contributed by atoms with Crippen LogP contribution in [-0.2, 0) is 34.5 Å². The third kappa shape index (κ3) is 5.68. The summed E-state index contributed by atoms with van der Waals surface area (Å²) in [6, 6.07) is 19.8. The van der Waals surface area contributed by atoms with E-state index in [4.69, 9.17) is 25.8 Å². The Morgan fingerprint density at radius 3 is 2.58 bits per heavy atom. The molecule has 0 amide bonds. The number of halogens is 1. The maximum absolute atomic E-state index is 13.3. The molecule has 0 N–H and O–H groups in total. The minimum atomic E-state index is -3.68. The highest BCUT2D eigenvalue weighted by Crippen LogP contribution is 2.29. The zero-order chi connectivity index (χ0) is 23.3. The second kappa shape index (κ2) is 10.6. The van der Waals surface area contributed by atoms with Crippen LogP contribution in [0.5, 0.6) is 11.5 Å². The maximum Gasteiger partial charge on any atom is 0.243 e. The van der Waals surface area contributed by atoms with Gasteiger partial charge < -0.3 is 14.2 Å². The van der Waals surface area contributed by atoms with E-state index < -0.39 is 10.0 Å². The Bertz CT molecular complexity index is 1200. The van der Waals surface area contributed by atoms with Crippen molar-refractivity contribution in [2.45, 2.75) is 31.6 Å². The number of nitrogens with zero attached hydrogens (tertiary/aromatic N) is 1. The molecule has 1 aliphatic heterocycles. The fourth-order valence-electron chi connectivity index (χ4n) is 3.64. The van der Waals surface area contributed by atoms with Gasteiger partial charge in [0, 0.05) is 23.7 Å². The van der Waals surface area contributed by atoms with E-state index in [0.717, 1.165) is 16.7 Å². The highest BCUT2D eigenvalue weighted by molar-refractivity contribution is 7.89. The molecule has 174 valence electrons. The summed E-state index contributed by atoms with van der Waals surface area (Å²) in [4.78, 5) is 0.230. The summed E-state index contributed by atoms with van der Waals surface area (Å²) in [7, 11) is -3.68. The van der Waals surface area contributed by atoms with Crippen molar-refractivity contribution in [1.82, 2.24) is 4.31 Å². The highest BCUT2D eigenvalue weighted by Gasteiger charge is 2.28. The Hall–Kier alpha value is -2.58. The lowest BCUT2D eigenvalue weighted by Crippen LogP contribution is -2.32. The average Bonchev–Trinajstić information content (AvgIpc) is 3.04. The fraction of sp³-hybridized carbons (Fsp3) is 0.280. The molecular weight excluding hydrogens is 462 g/mol. The summed E-state index contributed by atoms with van der Waals surface area (Å²) in [6.45, 7) is 3.96. The number of rotatable bonds is 8. The van der Waals surface area contributed by atoms with Gasteiger partial charge in [-0.2, -0.15) is 4.31 Å². The van der Waals surface area contributed by atoms with Gasteiger partial charge in [0.2, 0.25) is 10.0 Å². The molecule has 33 heavy (non-hydrogen) atoms. The lowest BCUT2D eigenvalue weighted by Gasteiger charge is -2.20. The molecule has 0 fully saturated rings. The third-order valence-corrected chi connectivity index (χ3v) is 7.55. The number of benzene rings is 3. The molecule has 1 aliphatic rings. The molecule has 0 saturated carbocycles. The van der Waals surface area contributed by atoms with Crippen LogP contribution in [0.2, 0.25) is 5.02 Å². The van der Waals surface area contributed by atoms with Gasteiger partial charge in [-0.3, -0.25) is 0 Å². The van der Waals surface area contributed by atoms with Crippen LogP contribution in [-0.4, -0.2) is 32.5 Å². The van der Waals surface area contributed by atoms with Crippen molar-refractivity contribution in [1.29, 1.82) is 0 Å². The predicted molar refractivity (Wildman–Crippen MR) is 127 cm³/mol. The van der Waals surface area contributed by atoms with Crippen molar-refractivity contribution >= 4 is 21.6 Å². The lowest BCUT2D eigenvalue weighted by molar-refractivity contribution is 0.107. The fourth-order valence-corrected chi connectivity index (χ4v) is 5.23. The molecule has 0 bridgehead atoms. The van der Waals surface area contributed by atoms with Crippen LogP contribution < -0.4 is 9.47 Å². The number of fused-ring (bicyclic) bond motifs is 1. The van der Waals surface area contributed by atoms with Crippen LogP contribution in [0.1, 0.15) is 23.6 Å². The highest BCUT2D eigenvalue weighted by atomic mass is 35.5. The van der Waals surface area contributed by atoms with Crippen LogP contribution >= 0.6 is 11.6 Å². The zero-order valence-electron chi connectivity index (χ0n) is 18.4. The first kappa shape index (κ1) is 23.6. The van der Waals surface area contributed by atoms with Crippen molar-refractivity contribution in [3.8, 4) is 11.5 Å². The molecule has 8 heteroatoms. The van der Waals surface area contributed by atoms with E-state index in [1.54, 1.807) is 24.3 Å². The van der Waals surface area contributed by atoms with Crippen LogP contribution in [0.15, 0.2) is 71.6 Å². The summed E-state index contributed by atoms with van der Waals surface area (Å²) in [5, 5.41) is 0.669. The van der Waals surface area contributed by atoms with E-state index in [0.29, 0.717) is 36.3 Å². The first-order valence-electron chi connectivity index (χ1n) is 10.8. The van der Waals surface area contributed by atoms with Crippen LogP contribution in [0.25, 0.3) is 0 Å². The topological polar surface area (TPSA) is 65.1 Å². The molecular formula is C25H26ClNO5S. The number of sulfonamides is 1. The molecule has 1 heterocycles. The van der Waals surface area contributed by atoms with Gasteiger partial charge in [-0.15, -0.1) is 0 Å². The molecule has 0 saturated heterocycles. The van der Waals surface area contributed by atoms with Gasteiger partial charge in [0.05, 0.1) is 24.7 Å². The zero-order valence-corrected chi connectivity index (χ0v) is 19.9. The number of ether oxygens (including phenoxy) is 3. The van der Waals surface area contributed by atoms with Crippen molar-refractivity contribution < 1.29 is 22.6 Å². The van der Waals surface area contributed by atoms with Crippen LogP contribution in [0, 0.1) is 0 Å². The predicted octanol–water partition coefficient (Wildman–Crippen LogP) is 5.04. The number of hydrogen-bond acceptors (Lipinski definition) is 5. The van der Waals surface area contributed by atoms with E-state index in [-0.39, 0.29) is 24.6 Å². The minimum absolute atomic E-state index is 0.225. The minimum Gasteiger partial charge on any atom is -0.494 e. The van der Waals surface area contributed by atoms with E-state index in [9.17, 15) is 8.42 Å². The van der Waals surface area contributed by atoms with Crippen molar-refractivity contribution in [3.63, 3.8) is 0 Å². The average molecular weight is 488 g/mol. The second-order valence-electron chi connectivity index (χ2n) is 7.62. The van der Waals surface area contributed by atoms with Gasteiger partial charge >= 0.3 is 0 Å². The summed E-state index contributed by atoms with van der Waals surface area (Å²) >= 11 is 6.19.